The highest BCUT2D eigenvalue weighted by atomic mass is 19.3. The Bertz CT molecular complexity index is 730. The number of benzene rings is 1. The zero-order valence-electron chi connectivity index (χ0n) is 13.5. The first kappa shape index (κ1) is 17.8. The van der Waals surface area contributed by atoms with Gasteiger partial charge in [0.2, 0.25) is 0 Å². The highest BCUT2D eigenvalue weighted by Gasteiger charge is 2.33. The van der Waals surface area contributed by atoms with E-state index in [4.69, 9.17) is 4.74 Å². The number of rotatable bonds is 5. The molecule has 2 aliphatic rings. The second-order valence-corrected chi connectivity index (χ2v) is 5.64. The van der Waals surface area contributed by atoms with Crippen molar-refractivity contribution in [2.45, 2.75) is 12.5 Å². The predicted molar refractivity (Wildman–Crippen MR) is 86.9 cm³/mol. The van der Waals surface area contributed by atoms with Gasteiger partial charge in [-0.3, -0.25) is 9.69 Å². The van der Waals surface area contributed by atoms with Crippen LogP contribution in [0.5, 0.6) is 0 Å². The number of nitrogens with zero attached hydrogens (tertiary/aromatic N) is 3. The number of carbonyl (C=O) groups excluding carboxylic acids is 2. The maximum Gasteiger partial charge on any atom is 0.414 e. The summed E-state index contributed by atoms with van der Waals surface area (Å²) < 4.78 is 43.8. The number of hydrogen-bond acceptors (Lipinski definition) is 6. The van der Waals surface area contributed by atoms with E-state index >= 15 is 0 Å². The highest BCUT2D eigenvalue weighted by Crippen LogP contribution is 2.27. The van der Waals surface area contributed by atoms with Gasteiger partial charge in [0.05, 0.1) is 31.0 Å². The molecular weight excluding hydrogens is 355 g/mol. The summed E-state index contributed by atoms with van der Waals surface area (Å²) in [5.41, 5.74) is 3.34. The molecule has 2 N–H and O–H groups in total. The molecule has 0 unspecified atom stereocenters. The van der Waals surface area contributed by atoms with Crippen LogP contribution in [0.2, 0.25) is 0 Å². The molecule has 1 atom stereocenters. The number of carbonyl (C=O) groups is 2. The van der Waals surface area contributed by atoms with Crippen LogP contribution in [-0.4, -0.2) is 57.0 Å². The SMILES string of the molecule is O=C(NC[C@H]1CN(c2ccc(N3C=NNCC3)c(F)c2)C(=O)O1)C(F)F. The molecule has 1 aromatic rings. The molecule has 2 aliphatic heterocycles. The molecule has 0 bridgehead atoms. The summed E-state index contributed by atoms with van der Waals surface area (Å²) in [6, 6.07) is 4.25. The molecule has 11 heteroatoms. The summed E-state index contributed by atoms with van der Waals surface area (Å²) in [4.78, 5) is 25.6. The van der Waals surface area contributed by atoms with Gasteiger partial charge in [-0.2, -0.15) is 13.9 Å². The van der Waals surface area contributed by atoms with Gasteiger partial charge >= 0.3 is 12.5 Å². The van der Waals surface area contributed by atoms with Crippen molar-refractivity contribution in [3.63, 3.8) is 0 Å². The van der Waals surface area contributed by atoms with Gasteiger partial charge in [-0.05, 0) is 18.2 Å². The molecule has 3 rings (SSSR count). The lowest BCUT2D eigenvalue weighted by Gasteiger charge is -2.24. The number of hydrazone groups is 1. The maximum atomic E-state index is 14.4. The molecule has 2 amide bonds. The second kappa shape index (κ2) is 7.50. The molecule has 0 aromatic heterocycles. The standard InChI is InChI=1S/C15H16F3N5O3/c16-11-5-9(1-2-12(11)22-4-3-20-21-8-22)23-7-10(26-15(23)25)6-19-14(24)13(17)18/h1-2,5,8,10,13,20H,3-4,6-7H2,(H,19,24)/t10-/m0/s1. The number of cyclic esters (lactones) is 1. The normalized spacial score (nSPS) is 19.5. The third-order valence-electron chi connectivity index (χ3n) is 3.88. The van der Waals surface area contributed by atoms with Crippen molar-refractivity contribution < 1.29 is 27.5 Å². The van der Waals surface area contributed by atoms with Crippen molar-refractivity contribution in [2.24, 2.45) is 5.10 Å². The molecule has 26 heavy (non-hydrogen) atoms. The zero-order valence-corrected chi connectivity index (χ0v) is 13.5. The van der Waals surface area contributed by atoms with Crippen molar-refractivity contribution >= 4 is 29.7 Å². The van der Waals surface area contributed by atoms with E-state index < -0.39 is 30.3 Å². The minimum atomic E-state index is -3.14. The van der Waals surface area contributed by atoms with Gasteiger partial charge in [0.1, 0.15) is 18.3 Å². The van der Waals surface area contributed by atoms with Crippen molar-refractivity contribution in [3.05, 3.63) is 24.0 Å². The van der Waals surface area contributed by atoms with Gasteiger partial charge in [-0.25, -0.2) is 9.18 Å². The Hall–Kier alpha value is -2.98. The fraction of sp³-hybridized carbons (Fsp3) is 0.400. The predicted octanol–water partition coefficient (Wildman–Crippen LogP) is 0.885. The van der Waals surface area contributed by atoms with Crippen LogP contribution >= 0.6 is 0 Å². The zero-order chi connectivity index (χ0) is 18.7. The monoisotopic (exact) mass is 371 g/mol. The Labute approximate surface area is 146 Å². The minimum Gasteiger partial charge on any atom is -0.442 e. The third-order valence-corrected chi connectivity index (χ3v) is 3.88. The number of ether oxygens (including phenoxy) is 1. The first-order chi connectivity index (χ1) is 12.5. The van der Waals surface area contributed by atoms with Crippen molar-refractivity contribution in [1.82, 2.24) is 10.7 Å². The lowest BCUT2D eigenvalue weighted by molar-refractivity contribution is -0.132. The summed E-state index contributed by atoms with van der Waals surface area (Å²) >= 11 is 0. The summed E-state index contributed by atoms with van der Waals surface area (Å²) in [5.74, 6) is -1.98. The molecular formula is C15H16F3N5O3. The Morgan fingerprint density at radius 2 is 2.27 bits per heavy atom. The Kier molecular flexibility index (Phi) is 5.14. The van der Waals surface area contributed by atoms with E-state index in [9.17, 15) is 22.8 Å². The lowest BCUT2D eigenvalue weighted by Crippen LogP contribution is -2.37. The molecule has 0 spiro atoms. The van der Waals surface area contributed by atoms with Gasteiger partial charge < -0.3 is 20.4 Å². The molecule has 0 saturated carbocycles. The second-order valence-electron chi connectivity index (χ2n) is 5.64. The molecule has 0 aliphatic carbocycles. The van der Waals surface area contributed by atoms with Crippen LogP contribution in [-0.2, 0) is 9.53 Å². The van der Waals surface area contributed by atoms with E-state index in [0.717, 1.165) is 0 Å². The molecule has 140 valence electrons. The van der Waals surface area contributed by atoms with Gasteiger partial charge in [0, 0.05) is 6.54 Å². The molecule has 0 radical (unpaired) electrons. The van der Waals surface area contributed by atoms with Gasteiger partial charge in [-0.1, -0.05) is 0 Å². The van der Waals surface area contributed by atoms with Crippen LogP contribution in [0.3, 0.4) is 0 Å². The Morgan fingerprint density at radius 3 is 2.92 bits per heavy atom. The van der Waals surface area contributed by atoms with E-state index in [1.807, 2.05) is 5.32 Å². The van der Waals surface area contributed by atoms with Crippen LogP contribution in [0.1, 0.15) is 0 Å². The minimum absolute atomic E-state index is 0.0101. The fourth-order valence-corrected chi connectivity index (χ4v) is 2.61. The average Bonchev–Trinajstić information content (AvgIpc) is 3.01. The lowest BCUT2D eigenvalue weighted by atomic mass is 10.2. The van der Waals surface area contributed by atoms with Crippen molar-refractivity contribution in [1.29, 1.82) is 0 Å². The first-order valence-electron chi connectivity index (χ1n) is 7.82. The number of hydrogen-bond donors (Lipinski definition) is 2. The number of anilines is 2. The van der Waals surface area contributed by atoms with Crippen LogP contribution in [0.25, 0.3) is 0 Å². The van der Waals surface area contributed by atoms with E-state index in [0.29, 0.717) is 18.8 Å². The van der Waals surface area contributed by atoms with Crippen LogP contribution in [0, 0.1) is 5.82 Å². The quantitative estimate of drug-likeness (QED) is 0.803. The highest BCUT2D eigenvalue weighted by molar-refractivity contribution is 5.90. The van der Waals surface area contributed by atoms with E-state index in [2.05, 4.69) is 10.5 Å². The van der Waals surface area contributed by atoms with E-state index in [1.165, 1.54) is 23.4 Å². The molecule has 1 saturated heterocycles. The van der Waals surface area contributed by atoms with E-state index in [-0.39, 0.29) is 18.8 Å². The topological polar surface area (TPSA) is 86.3 Å². The molecule has 1 aromatic carbocycles. The van der Waals surface area contributed by atoms with Gasteiger partial charge in [0.15, 0.2) is 0 Å². The number of amides is 2. The van der Waals surface area contributed by atoms with Crippen molar-refractivity contribution in [3.8, 4) is 0 Å². The maximum absolute atomic E-state index is 14.4. The number of nitrogens with one attached hydrogen (secondary N) is 2. The van der Waals surface area contributed by atoms with E-state index in [1.54, 1.807) is 11.0 Å². The largest absolute Gasteiger partial charge is 0.442 e. The van der Waals surface area contributed by atoms with Crippen molar-refractivity contribution in [2.75, 3.05) is 36.0 Å². The number of halogens is 3. The summed E-state index contributed by atoms with van der Waals surface area (Å²) in [5, 5.41) is 5.84. The summed E-state index contributed by atoms with van der Waals surface area (Å²) in [6.45, 7) is 0.874. The van der Waals surface area contributed by atoms with Crippen LogP contribution in [0.4, 0.5) is 29.3 Å². The fourth-order valence-electron chi connectivity index (χ4n) is 2.61. The van der Waals surface area contributed by atoms with Gasteiger partial charge in [-0.15, -0.1) is 0 Å². The smallest absolute Gasteiger partial charge is 0.414 e. The third kappa shape index (κ3) is 3.81. The van der Waals surface area contributed by atoms with Crippen LogP contribution in [0.15, 0.2) is 23.3 Å². The number of alkyl halides is 2. The average molecular weight is 371 g/mol. The Balaban J connectivity index is 1.66. The van der Waals surface area contributed by atoms with Crippen LogP contribution < -0.4 is 20.5 Å². The Morgan fingerprint density at radius 1 is 1.46 bits per heavy atom. The molecule has 8 nitrogen and oxygen atoms in total. The summed E-state index contributed by atoms with van der Waals surface area (Å²) in [7, 11) is 0. The first-order valence-corrected chi connectivity index (χ1v) is 7.82. The molecule has 1 fully saturated rings. The summed E-state index contributed by atoms with van der Waals surface area (Å²) in [6.07, 6.45) is -3.21. The molecule has 2 heterocycles. The van der Waals surface area contributed by atoms with Gasteiger partial charge in [0.25, 0.3) is 5.91 Å².